The van der Waals surface area contributed by atoms with Gasteiger partial charge in [-0.3, -0.25) is 4.68 Å². The molecule has 0 fully saturated rings. The lowest BCUT2D eigenvalue weighted by Gasteiger charge is -2.21. The molecular formula is C14H28N4O. The Morgan fingerprint density at radius 2 is 2.16 bits per heavy atom. The third-order valence-corrected chi connectivity index (χ3v) is 3.18. The fourth-order valence-electron chi connectivity index (χ4n) is 2.23. The van der Waals surface area contributed by atoms with E-state index in [0.29, 0.717) is 6.04 Å². The minimum atomic E-state index is 0.314. The van der Waals surface area contributed by atoms with Crippen LogP contribution >= 0.6 is 0 Å². The highest BCUT2D eigenvalue weighted by Gasteiger charge is 2.20. The summed E-state index contributed by atoms with van der Waals surface area (Å²) in [6, 6.07) is 0.314. The second kappa shape index (κ2) is 8.17. The van der Waals surface area contributed by atoms with E-state index in [2.05, 4.69) is 47.9 Å². The fraction of sp³-hybridized carbons (Fsp3) is 0.786. The molecule has 0 amide bonds. The molecular weight excluding hydrogens is 240 g/mol. The predicted molar refractivity (Wildman–Crippen MR) is 78.7 cm³/mol. The van der Waals surface area contributed by atoms with Crippen LogP contribution in [0.2, 0.25) is 0 Å². The number of likely N-dealkylation sites (N-methyl/N-ethyl adjacent to an activating group) is 1. The molecule has 0 saturated heterocycles. The van der Waals surface area contributed by atoms with Crippen molar-refractivity contribution in [3.05, 3.63) is 11.9 Å². The van der Waals surface area contributed by atoms with Crippen LogP contribution in [0.4, 0.5) is 0 Å². The molecule has 1 atom stereocenters. The minimum Gasteiger partial charge on any atom is -0.493 e. The molecule has 19 heavy (non-hydrogen) atoms. The van der Waals surface area contributed by atoms with Gasteiger partial charge in [0, 0.05) is 6.54 Å². The Kier molecular flexibility index (Phi) is 6.87. The summed E-state index contributed by atoms with van der Waals surface area (Å²) in [6.07, 6.45) is 4.06. The molecule has 0 spiro atoms. The Morgan fingerprint density at radius 1 is 1.42 bits per heavy atom. The average Bonchev–Trinajstić information content (AvgIpc) is 2.78. The lowest BCUT2D eigenvalue weighted by Crippen LogP contribution is -2.26. The van der Waals surface area contributed by atoms with Gasteiger partial charge in [-0.05, 0) is 27.1 Å². The quantitative estimate of drug-likeness (QED) is 0.743. The molecule has 1 aromatic heterocycles. The number of nitrogens with zero attached hydrogens (tertiary/aromatic N) is 3. The summed E-state index contributed by atoms with van der Waals surface area (Å²) in [7, 11) is 5.87. The van der Waals surface area contributed by atoms with E-state index < -0.39 is 0 Å². The van der Waals surface area contributed by atoms with E-state index in [0.717, 1.165) is 38.2 Å². The molecule has 0 aromatic carbocycles. The monoisotopic (exact) mass is 268 g/mol. The molecule has 1 heterocycles. The third-order valence-electron chi connectivity index (χ3n) is 3.18. The fourth-order valence-corrected chi connectivity index (χ4v) is 2.23. The number of methoxy groups -OCH3 is 1. The molecule has 1 N–H and O–H groups in total. The van der Waals surface area contributed by atoms with Crippen molar-refractivity contribution < 1.29 is 4.74 Å². The topological polar surface area (TPSA) is 42.3 Å². The zero-order chi connectivity index (χ0) is 14.3. The van der Waals surface area contributed by atoms with E-state index in [1.54, 1.807) is 7.11 Å². The molecule has 0 aliphatic carbocycles. The summed E-state index contributed by atoms with van der Waals surface area (Å²) >= 11 is 0. The number of aromatic nitrogens is 2. The minimum absolute atomic E-state index is 0.314. The number of hydrogen-bond acceptors (Lipinski definition) is 4. The zero-order valence-corrected chi connectivity index (χ0v) is 12.9. The van der Waals surface area contributed by atoms with Crippen molar-refractivity contribution in [3.63, 3.8) is 0 Å². The summed E-state index contributed by atoms with van der Waals surface area (Å²) in [4.78, 5) is 2.17. The van der Waals surface area contributed by atoms with Crippen LogP contribution in [0, 0.1) is 0 Å². The first-order valence-corrected chi connectivity index (χ1v) is 7.11. The van der Waals surface area contributed by atoms with Gasteiger partial charge >= 0.3 is 0 Å². The molecule has 1 aromatic rings. The molecule has 110 valence electrons. The van der Waals surface area contributed by atoms with Gasteiger partial charge in [-0.2, -0.15) is 5.10 Å². The van der Waals surface area contributed by atoms with Crippen molar-refractivity contribution in [1.82, 2.24) is 20.0 Å². The van der Waals surface area contributed by atoms with Crippen LogP contribution in [0.5, 0.6) is 5.75 Å². The SMILES string of the molecule is CCCC(NCC)c1c(OC)cnn1CCN(C)C. The highest BCUT2D eigenvalue weighted by atomic mass is 16.5. The van der Waals surface area contributed by atoms with E-state index in [1.807, 2.05) is 6.20 Å². The lowest BCUT2D eigenvalue weighted by atomic mass is 10.1. The number of nitrogens with one attached hydrogen (secondary N) is 1. The molecule has 0 aliphatic heterocycles. The first-order valence-electron chi connectivity index (χ1n) is 7.11. The Bertz CT molecular complexity index is 356. The maximum atomic E-state index is 5.47. The predicted octanol–water partition coefficient (Wildman–Crippen LogP) is 1.90. The zero-order valence-electron chi connectivity index (χ0n) is 12.9. The van der Waals surface area contributed by atoms with Crippen LogP contribution in [0.1, 0.15) is 38.4 Å². The van der Waals surface area contributed by atoms with Gasteiger partial charge in [0.1, 0.15) is 0 Å². The maximum Gasteiger partial charge on any atom is 0.161 e. The van der Waals surface area contributed by atoms with E-state index in [-0.39, 0.29) is 0 Å². The number of hydrogen-bond donors (Lipinski definition) is 1. The Labute approximate surface area is 116 Å². The van der Waals surface area contributed by atoms with Crippen LogP contribution in [0.3, 0.4) is 0 Å². The Hall–Kier alpha value is -1.07. The van der Waals surface area contributed by atoms with E-state index in [4.69, 9.17) is 4.74 Å². The molecule has 5 heteroatoms. The van der Waals surface area contributed by atoms with Crippen LogP contribution in [0.15, 0.2) is 6.20 Å². The summed E-state index contributed by atoms with van der Waals surface area (Å²) in [5.74, 6) is 0.887. The largest absolute Gasteiger partial charge is 0.493 e. The van der Waals surface area contributed by atoms with Gasteiger partial charge in [0.25, 0.3) is 0 Å². The van der Waals surface area contributed by atoms with Gasteiger partial charge in [0.15, 0.2) is 5.75 Å². The summed E-state index contributed by atoms with van der Waals surface area (Å²) in [5, 5.41) is 8.00. The second-order valence-corrected chi connectivity index (χ2v) is 5.02. The maximum absolute atomic E-state index is 5.47. The lowest BCUT2D eigenvalue weighted by molar-refractivity contribution is 0.351. The van der Waals surface area contributed by atoms with Crippen molar-refractivity contribution in [1.29, 1.82) is 0 Å². The molecule has 5 nitrogen and oxygen atoms in total. The van der Waals surface area contributed by atoms with Crippen LogP contribution in [-0.2, 0) is 6.54 Å². The summed E-state index contributed by atoms with van der Waals surface area (Å²) in [6.45, 7) is 7.15. The van der Waals surface area contributed by atoms with E-state index in [1.165, 1.54) is 5.69 Å². The average molecular weight is 268 g/mol. The van der Waals surface area contributed by atoms with Gasteiger partial charge in [0.2, 0.25) is 0 Å². The molecule has 1 rings (SSSR count). The van der Waals surface area contributed by atoms with E-state index >= 15 is 0 Å². The van der Waals surface area contributed by atoms with Crippen molar-refractivity contribution >= 4 is 0 Å². The third kappa shape index (κ3) is 4.51. The van der Waals surface area contributed by atoms with Crippen LogP contribution < -0.4 is 10.1 Å². The standard InChI is InChI=1S/C14H28N4O/c1-6-8-12(15-7-2)14-13(19-5)11-16-18(14)10-9-17(3)4/h11-12,15H,6-10H2,1-5H3. The van der Waals surface area contributed by atoms with Gasteiger partial charge in [-0.25, -0.2) is 0 Å². The van der Waals surface area contributed by atoms with Crippen molar-refractivity contribution in [3.8, 4) is 5.75 Å². The summed E-state index contributed by atoms with van der Waals surface area (Å²) < 4.78 is 7.54. The van der Waals surface area contributed by atoms with E-state index in [9.17, 15) is 0 Å². The van der Waals surface area contributed by atoms with Gasteiger partial charge < -0.3 is 15.0 Å². The smallest absolute Gasteiger partial charge is 0.161 e. The van der Waals surface area contributed by atoms with Gasteiger partial charge in [0.05, 0.1) is 31.6 Å². The Morgan fingerprint density at radius 3 is 2.68 bits per heavy atom. The van der Waals surface area contributed by atoms with Crippen molar-refractivity contribution in [2.45, 2.75) is 39.3 Å². The molecule has 0 bridgehead atoms. The first kappa shape index (κ1) is 16.0. The van der Waals surface area contributed by atoms with Crippen LogP contribution in [0.25, 0.3) is 0 Å². The second-order valence-electron chi connectivity index (χ2n) is 5.02. The number of ether oxygens (including phenoxy) is 1. The van der Waals surface area contributed by atoms with Gasteiger partial charge in [-0.1, -0.05) is 20.3 Å². The van der Waals surface area contributed by atoms with Crippen molar-refractivity contribution in [2.24, 2.45) is 0 Å². The molecule has 0 aliphatic rings. The highest BCUT2D eigenvalue weighted by molar-refractivity contribution is 5.28. The first-order chi connectivity index (χ1) is 9.13. The normalized spacial score (nSPS) is 12.9. The van der Waals surface area contributed by atoms with Crippen molar-refractivity contribution in [2.75, 3.05) is 34.3 Å². The molecule has 0 radical (unpaired) electrons. The highest BCUT2D eigenvalue weighted by Crippen LogP contribution is 2.28. The number of rotatable bonds is 9. The van der Waals surface area contributed by atoms with Gasteiger partial charge in [-0.15, -0.1) is 0 Å². The Balaban J connectivity index is 2.94. The molecule has 0 saturated carbocycles. The molecule has 1 unspecified atom stereocenters. The van der Waals surface area contributed by atoms with Crippen LogP contribution in [-0.4, -0.2) is 49.0 Å². The summed E-state index contributed by atoms with van der Waals surface area (Å²) in [5.41, 5.74) is 1.17.